The summed E-state index contributed by atoms with van der Waals surface area (Å²) in [6.07, 6.45) is 28.9. The van der Waals surface area contributed by atoms with Gasteiger partial charge in [0.15, 0.2) is 6.10 Å². The number of carboxylic acid groups (broad SMARTS) is 1. The summed E-state index contributed by atoms with van der Waals surface area (Å²) in [4.78, 5) is 36.4. The maximum Gasteiger partial charge on any atom is 0.306 e. The number of allylic oxidation sites excluding steroid dienone is 6. The molecule has 0 radical (unpaired) electrons. The molecule has 260 valence electrons. The average Bonchev–Trinajstić information content (AvgIpc) is 2.98. The lowest BCUT2D eigenvalue weighted by molar-refractivity contribution is -0.889. The Labute approximate surface area is 274 Å². The highest BCUT2D eigenvalue weighted by molar-refractivity contribution is 5.70. The van der Waals surface area contributed by atoms with E-state index in [0.717, 1.165) is 57.8 Å². The van der Waals surface area contributed by atoms with Crippen LogP contribution in [-0.2, 0) is 28.6 Å². The quantitative estimate of drug-likeness (QED) is 0.0362. The molecule has 0 aromatic carbocycles. The molecule has 0 heterocycles. The number of unbranched alkanes of at least 4 members (excludes halogenated alkanes) is 10. The summed E-state index contributed by atoms with van der Waals surface area (Å²) < 4.78 is 17.0. The monoisotopic (exact) mass is 635 g/mol. The summed E-state index contributed by atoms with van der Waals surface area (Å²) >= 11 is 0. The number of aliphatic carboxylic acids is 1. The summed E-state index contributed by atoms with van der Waals surface area (Å²) in [7, 11) is 5.37. The van der Waals surface area contributed by atoms with E-state index in [1.54, 1.807) is 21.1 Å². The second kappa shape index (κ2) is 29.0. The van der Waals surface area contributed by atoms with Crippen molar-refractivity contribution in [3.05, 3.63) is 36.5 Å². The Kier molecular flexibility index (Phi) is 27.4. The Morgan fingerprint density at radius 3 is 1.84 bits per heavy atom. The van der Waals surface area contributed by atoms with Gasteiger partial charge in [0.05, 0.1) is 40.3 Å². The van der Waals surface area contributed by atoms with E-state index in [0.29, 0.717) is 12.8 Å². The zero-order chi connectivity index (χ0) is 33.6. The topological polar surface area (TPSA) is 102 Å². The normalized spacial score (nSPS) is 13.5. The van der Waals surface area contributed by atoms with Crippen molar-refractivity contribution in [3.8, 4) is 0 Å². The minimum absolute atomic E-state index is 0.0296. The molecule has 0 N–H and O–H groups in total. The molecule has 0 rings (SSSR count). The van der Waals surface area contributed by atoms with Gasteiger partial charge >= 0.3 is 11.9 Å². The van der Waals surface area contributed by atoms with Gasteiger partial charge in [0.2, 0.25) is 0 Å². The fourth-order valence-electron chi connectivity index (χ4n) is 4.79. The molecule has 8 nitrogen and oxygen atoms in total. The molecule has 2 atom stereocenters. The van der Waals surface area contributed by atoms with E-state index >= 15 is 0 Å². The van der Waals surface area contributed by atoms with Crippen LogP contribution in [0, 0.1) is 0 Å². The second-order valence-corrected chi connectivity index (χ2v) is 12.7. The Morgan fingerprint density at radius 2 is 1.24 bits per heavy atom. The van der Waals surface area contributed by atoms with Crippen molar-refractivity contribution in [3.63, 3.8) is 0 Å². The van der Waals surface area contributed by atoms with E-state index in [1.165, 1.54) is 38.5 Å². The molecule has 0 saturated heterocycles. The van der Waals surface area contributed by atoms with Gasteiger partial charge in [-0.15, -0.1) is 0 Å². The molecule has 0 aliphatic rings. The fraction of sp³-hybridized carbons (Fsp3) is 0.757. The van der Waals surface area contributed by atoms with Crippen molar-refractivity contribution < 1.29 is 38.2 Å². The van der Waals surface area contributed by atoms with Crippen LogP contribution in [0.1, 0.15) is 129 Å². The van der Waals surface area contributed by atoms with Crippen molar-refractivity contribution in [1.29, 1.82) is 0 Å². The molecule has 0 aliphatic heterocycles. The molecule has 45 heavy (non-hydrogen) atoms. The summed E-state index contributed by atoms with van der Waals surface area (Å²) in [5.41, 5.74) is 0. The van der Waals surface area contributed by atoms with Crippen molar-refractivity contribution >= 4 is 17.9 Å². The number of rotatable bonds is 30. The first kappa shape index (κ1) is 42.6. The van der Waals surface area contributed by atoms with Crippen molar-refractivity contribution in [2.75, 3.05) is 41.0 Å². The van der Waals surface area contributed by atoms with Crippen molar-refractivity contribution in [2.45, 2.75) is 142 Å². The molecule has 0 amide bonds. The molecule has 2 unspecified atom stereocenters. The van der Waals surface area contributed by atoms with E-state index < -0.39 is 18.1 Å². The standard InChI is InChI=1S/C37H65NO7/c1-6-8-10-12-14-16-17-18-20-21-23-25-27-35(39)44-32-33(31-43-30-29-34(37(41)42)38(3,4)5)45-36(40)28-26-24-22-19-15-13-11-9-7-2/h8,10,14,16,18,20,33-34H,6-7,9,11-13,15,17,19,21-32H2,1-5H3/b10-8+,16-14+,20-18+. The van der Waals surface area contributed by atoms with Gasteiger partial charge in [-0.25, -0.2) is 0 Å². The number of carbonyl (C=O) groups excluding carboxylic acids is 3. The lowest BCUT2D eigenvalue weighted by Crippen LogP contribution is -2.55. The van der Waals surface area contributed by atoms with Gasteiger partial charge in [-0.05, 0) is 44.9 Å². The lowest BCUT2D eigenvalue weighted by atomic mass is 10.1. The molecule has 0 bridgehead atoms. The molecule has 0 saturated carbocycles. The number of esters is 2. The Hall–Kier alpha value is -2.45. The van der Waals surface area contributed by atoms with Gasteiger partial charge in [-0.1, -0.05) is 102 Å². The first-order valence-electron chi connectivity index (χ1n) is 17.5. The Morgan fingerprint density at radius 1 is 0.689 bits per heavy atom. The highest BCUT2D eigenvalue weighted by atomic mass is 16.6. The Bertz CT molecular complexity index is 844. The lowest BCUT2D eigenvalue weighted by Gasteiger charge is -2.34. The minimum Gasteiger partial charge on any atom is -0.544 e. The van der Waals surface area contributed by atoms with Crippen LogP contribution in [0.25, 0.3) is 0 Å². The summed E-state index contributed by atoms with van der Waals surface area (Å²) in [5.74, 6) is -1.79. The largest absolute Gasteiger partial charge is 0.544 e. The first-order chi connectivity index (χ1) is 21.6. The summed E-state index contributed by atoms with van der Waals surface area (Å²) in [5, 5.41) is 11.5. The summed E-state index contributed by atoms with van der Waals surface area (Å²) in [6, 6.07) is -0.727. The van der Waals surface area contributed by atoms with E-state index in [4.69, 9.17) is 14.2 Å². The van der Waals surface area contributed by atoms with Gasteiger partial charge in [-0.2, -0.15) is 0 Å². The molecule has 8 heteroatoms. The van der Waals surface area contributed by atoms with Crippen LogP contribution in [-0.4, -0.2) is 75.5 Å². The van der Waals surface area contributed by atoms with Crippen LogP contribution in [0.15, 0.2) is 36.5 Å². The maximum atomic E-state index is 12.5. The molecule has 0 aromatic rings. The number of hydrogen-bond donors (Lipinski definition) is 0. The number of carboxylic acids is 1. The third-order valence-electron chi connectivity index (χ3n) is 7.54. The SMILES string of the molecule is CC/C=C/C/C=C/C/C=C/CCCCC(=O)OCC(COCCC(C(=O)[O-])[N+](C)(C)C)OC(=O)CCCCCCCCCCC. The molecule has 0 fully saturated rings. The average molecular weight is 636 g/mol. The number of carbonyl (C=O) groups is 3. The molecular formula is C37H65NO7. The Balaban J connectivity index is 4.53. The van der Waals surface area contributed by atoms with E-state index in [2.05, 4.69) is 50.3 Å². The third-order valence-corrected chi connectivity index (χ3v) is 7.54. The zero-order valence-corrected chi connectivity index (χ0v) is 29.3. The highest BCUT2D eigenvalue weighted by Crippen LogP contribution is 2.12. The minimum atomic E-state index is -1.13. The zero-order valence-electron chi connectivity index (χ0n) is 29.3. The van der Waals surface area contributed by atoms with Crippen molar-refractivity contribution in [1.82, 2.24) is 0 Å². The van der Waals surface area contributed by atoms with E-state index in [-0.39, 0.29) is 42.7 Å². The molecule has 0 aliphatic carbocycles. The fourth-order valence-corrected chi connectivity index (χ4v) is 4.79. The number of nitrogens with zero attached hydrogens (tertiary/aromatic N) is 1. The van der Waals surface area contributed by atoms with Gasteiger partial charge in [0, 0.05) is 19.3 Å². The predicted octanol–water partition coefficient (Wildman–Crippen LogP) is 7.01. The van der Waals surface area contributed by atoms with Gasteiger partial charge in [0.1, 0.15) is 12.6 Å². The van der Waals surface area contributed by atoms with Gasteiger partial charge < -0.3 is 28.6 Å². The molecule has 0 aromatic heterocycles. The molecular weight excluding hydrogens is 570 g/mol. The van der Waals surface area contributed by atoms with Crippen LogP contribution >= 0.6 is 0 Å². The van der Waals surface area contributed by atoms with E-state index in [9.17, 15) is 19.5 Å². The van der Waals surface area contributed by atoms with Crippen LogP contribution in [0.4, 0.5) is 0 Å². The molecule has 0 spiro atoms. The third kappa shape index (κ3) is 27.6. The maximum absolute atomic E-state index is 12.5. The predicted molar refractivity (Wildman–Crippen MR) is 180 cm³/mol. The number of hydrogen-bond acceptors (Lipinski definition) is 7. The van der Waals surface area contributed by atoms with Crippen LogP contribution in [0.3, 0.4) is 0 Å². The smallest absolute Gasteiger partial charge is 0.306 e. The van der Waals surface area contributed by atoms with Crippen LogP contribution in [0.5, 0.6) is 0 Å². The van der Waals surface area contributed by atoms with Gasteiger partial charge in [0.25, 0.3) is 0 Å². The van der Waals surface area contributed by atoms with Gasteiger partial charge in [-0.3, -0.25) is 9.59 Å². The second-order valence-electron chi connectivity index (χ2n) is 12.7. The highest BCUT2D eigenvalue weighted by Gasteiger charge is 2.25. The van der Waals surface area contributed by atoms with Crippen LogP contribution < -0.4 is 5.11 Å². The number of ether oxygens (including phenoxy) is 3. The number of quaternary nitrogens is 1. The first-order valence-corrected chi connectivity index (χ1v) is 17.5. The number of likely N-dealkylation sites (N-methyl/N-ethyl adjacent to an activating group) is 1. The summed E-state index contributed by atoms with van der Waals surface area (Å²) in [6.45, 7) is 4.45. The van der Waals surface area contributed by atoms with E-state index in [1.807, 2.05) is 0 Å². The van der Waals surface area contributed by atoms with Crippen molar-refractivity contribution in [2.24, 2.45) is 0 Å². The van der Waals surface area contributed by atoms with Crippen LogP contribution in [0.2, 0.25) is 0 Å².